The third-order valence-electron chi connectivity index (χ3n) is 3.39. The molecular formula is C17H14FN3O2. The smallest absolute Gasteiger partial charge is 0.165 e. The lowest BCUT2D eigenvalue weighted by Gasteiger charge is -2.04. The minimum Gasteiger partial charge on any atom is -0.494 e. The SMILES string of the molecule is COc1ccc(-c2nn(-c3ccccc3)cc2/C=N/O)cc1F. The summed E-state index contributed by atoms with van der Waals surface area (Å²) in [6, 6.07) is 14.1. The van der Waals surface area contributed by atoms with Gasteiger partial charge in [-0.05, 0) is 30.3 Å². The summed E-state index contributed by atoms with van der Waals surface area (Å²) < 4.78 is 20.5. The van der Waals surface area contributed by atoms with Crippen LogP contribution in [-0.4, -0.2) is 28.3 Å². The van der Waals surface area contributed by atoms with Gasteiger partial charge in [0, 0.05) is 17.3 Å². The van der Waals surface area contributed by atoms with Crippen LogP contribution in [0, 0.1) is 5.82 Å². The van der Waals surface area contributed by atoms with Crippen molar-refractivity contribution in [3.05, 3.63) is 66.1 Å². The molecule has 6 heteroatoms. The van der Waals surface area contributed by atoms with Crippen molar-refractivity contribution in [2.24, 2.45) is 5.16 Å². The Morgan fingerprint density at radius 1 is 1.22 bits per heavy atom. The molecule has 0 saturated carbocycles. The maximum atomic E-state index is 13.9. The molecule has 116 valence electrons. The van der Waals surface area contributed by atoms with Crippen molar-refractivity contribution >= 4 is 6.21 Å². The molecule has 3 aromatic rings. The first-order valence-corrected chi connectivity index (χ1v) is 6.89. The summed E-state index contributed by atoms with van der Waals surface area (Å²) in [5.41, 5.74) is 2.49. The van der Waals surface area contributed by atoms with Crippen LogP contribution in [0.3, 0.4) is 0 Å². The lowest BCUT2D eigenvalue weighted by atomic mass is 10.1. The van der Waals surface area contributed by atoms with E-state index in [1.807, 2.05) is 30.3 Å². The largest absolute Gasteiger partial charge is 0.494 e. The predicted molar refractivity (Wildman–Crippen MR) is 84.9 cm³/mol. The lowest BCUT2D eigenvalue weighted by molar-refractivity contribution is 0.322. The standard InChI is InChI=1S/C17H14FN3O2/c1-23-16-8-7-12(9-15(16)18)17-13(10-19-22)11-21(20-17)14-5-3-2-4-6-14/h2-11,22H,1H3/b19-10+. The molecule has 23 heavy (non-hydrogen) atoms. The Balaban J connectivity index is 2.11. The number of halogens is 1. The fourth-order valence-electron chi connectivity index (χ4n) is 2.29. The molecule has 5 nitrogen and oxygen atoms in total. The van der Waals surface area contributed by atoms with Crippen molar-refractivity contribution in [2.45, 2.75) is 0 Å². The van der Waals surface area contributed by atoms with E-state index in [1.54, 1.807) is 16.9 Å². The molecule has 0 bridgehead atoms. The van der Waals surface area contributed by atoms with Gasteiger partial charge in [-0.1, -0.05) is 23.4 Å². The van der Waals surface area contributed by atoms with Gasteiger partial charge < -0.3 is 9.94 Å². The highest BCUT2D eigenvalue weighted by molar-refractivity contribution is 5.88. The molecule has 0 atom stereocenters. The summed E-state index contributed by atoms with van der Waals surface area (Å²) in [7, 11) is 1.41. The van der Waals surface area contributed by atoms with Gasteiger partial charge in [0.05, 0.1) is 19.0 Å². The van der Waals surface area contributed by atoms with Crippen molar-refractivity contribution < 1.29 is 14.3 Å². The van der Waals surface area contributed by atoms with Crippen LogP contribution in [0.15, 0.2) is 59.9 Å². The van der Waals surface area contributed by atoms with E-state index in [1.165, 1.54) is 25.5 Å². The fraction of sp³-hybridized carbons (Fsp3) is 0.0588. The minimum atomic E-state index is -0.480. The Bertz CT molecular complexity index is 844. The number of benzene rings is 2. The molecule has 0 amide bonds. The number of para-hydroxylation sites is 1. The lowest BCUT2D eigenvalue weighted by Crippen LogP contribution is -1.94. The number of rotatable bonds is 4. The zero-order valence-electron chi connectivity index (χ0n) is 12.3. The summed E-state index contributed by atoms with van der Waals surface area (Å²) in [5, 5.41) is 16.4. The van der Waals surface area contributed by atoms with Gasteiger partial charge in [-0.25, -0.2) is 9.07 Å². The number of hydrogen-bond acceptors (Lipinski definition) is 4. The van der Waals surface area contributed by atoms with Crippen molar-refractivity contribution in [3.8, 4) is 22.7 Å². The summed E-state index contributed by atoms with van der Waals surface area (Å²) >= 11 is 0. The quantitative estimate of drug-likeness (QED) is 0.456. The number of aromatic nitrogens is 2. The Hall–Kier alpha value is -3.15. The average molecular weight is 311 g/mol. The molecule has 0 saturated heterocycles. The summed E-state index contributed by atoms with van der Waals surface area (Å²) in [4.78, 5) is 0. The molecular weight excluding hydrogens is 297 g/mol. The topological polar surface area (TPSA) is 59.6 Å². The van der Waals surface area contributed by atoms with Gasteiger partial charge >= 0.3 is 0 Å². The molecule has 0 aliphatic heterocycles. The third-order valence-corrected chi connectivity index (χ3v) is 3.39. The number of oxime groups is 1. The highest BCUT2D eigenvalue weighted by Gasteiger charge is 2.13. The molecule has 0 unspecified atom stereocenters. The van der Waals surface area contributed by atoms with Gasteiger partial charge in [-0.2, -0.15) is 5.10 Å². The first-order chi connectivity index (χ1) is 11.2. The first-order valence-electron chi connectivity index (χ1n) is 6.89. The van der Waals surface area contributed by atoms with Gasteiger partial charge in [0.2, 0.25) is 0 Å². The Labute approximate surface area is 132 Å². The molecule has 3 rings (SSSR count). The fourth-order valence-corrected chi connectivity index (χ4v) is 2.29. The number of hydrogen-bond donors (Lipinski definition) is 1. The van der Waals surface area contributed by atoms with E-state index in [4.69, 9.17) is 9.94 Å². The van der Waals surface area contributed by atoms with Crippen LogP contribution in [0.25, 0.3) is 16.9 Å². The van der Waals surface area contributed by atoms with E-state index < -0.39 is 5.82 Å². The summed E-state index contributed by atoms with van der Waals surface area (Å²) in [5.74, 6) is -0.320. The van der Waals surface area contributed by atoms with Gasteiger partial charge in [-0.3, -0.25) is 0 Å². The van der Waals surface area contributed by atoms with Gasteiger partial charge in [0.15, 0.2) is 11.6 Å². The van der Waals surface area contributed by atoms with Crippen LogP contribution in [-0.2, 0) is 0 Å². The van der Waals surface area contributed by atoms with Crippen molar-refractivity contribution in [3.63, 3.8) is 0 Å². The maximum absolute atomic E-state index is 13.9. The van der Waals surface area contributed by atoms with Crippen molar-refractivity contribution in [1.82, 2.24) is 9.78 Å². The monoisotopic (exact) mass is 311 g/mol. The third kappa shape index (κ3) is 2.91. The second-order valence-corrected chi connectivity index (χ2v) is 4.81. The van der Waals surface area contributed by atoms with Crippen LogP contribution in [0.1, 0.15) is 5.56 Å². The van der Waals surface area contributed by atoms with Crippen LogP contribution in [0.5, 0.6) is 5.75 Å². The zero-order chi connectivity index (χ0) is 16.2. The van der Waals surface area contributed by atoms with E-state index in [9.17, 15) is 4.39 Å². The Kier molecular flexibility index (Phi) is 4.05. The molecule has 0 fully saturated rings. The molecule has 1 heterocycles. The second-order valence-electron chi connectivity index (χ2n) is 4.81. The normalized spacial score (nSPS) is 11.0. The molecule has 0 radical (unpaired) electrons. The number of nitrogens with zero attached hydrogens (tertiary/aromatic N) is 3. The molecule has 0 aliphatic rings. The van der Waals surface area contributed by atoms with Crippen LogP contribution in [0.4, 0.5) is 4.39 Å². The van der Waals surface area contributed by atoms with Crippen molar-refractivity contribution in [2.75, 3.05) is 7.11 Å². The highest BCUT2D eigenvalue weighted by atomic mass is 19.1. The van der Waals surface area contributed by atoms with Crippen LogP contribution in [0.2, 0.25) is 0 Å². The van der Waals surface area contributed by atoms with Gasteiger partial charge in [0.25, 0.3) is 0 Å². The van der Waals surface area contributed by atoms with Gasteiger partial charge in [-0.15, -0.1) is 0 Å². The van der Waals surface area contributed by atoms with E-state index >= 15 is 0 Å². The average Bonchev–Trinajstić information content (AvgIpc) is 3.00. The predicted octanol–water partition coefficient (Wildman–Crippen LogP) is 3.50. The molecule has 1 aromatic heterocycles. The van der Waals surface area contributed by atoms with Crippen LogP contribution < -0.4 is 4.74 Å². The van der Waals surface area contributed by atoms with E-state index in [0.29, 0.717) is 16.8 Å². The summed E-state index contributed by atoms with van der Waals surface area (Å²) in [6.07, 6.45) is 2.98. The Morgan fingerprint density at radius 2 is 2.00 bits per heavy atom. The Morgan fingerprint density at radius 3 is 2.65 bits per heavy atom. The molecule has 2 aromatic carbocycles. The summed E-state index contributed by atoms with van der Waals surface area (Å²) in [6.45, 7) is 0. The van der Waals surface area contributed by atoms with E-state index in [2.05, 4.69) is 10.3 Å². The number of ether oxygens (including phenoxy) is 1. The van der Waals surface area contributed by atoms with Crippen LogP contribution >= 0.6 is 0 Å². The highest BCUT2D eigenvalue weighted by Crippen LogP contribution is 2.27. The molecule has 0 aliphatic carbocycles. The van der Waals surface area contributed by atoms with E-state index in [-0.39, 0.29) is 5.75 Å². The zero-order valence-corrected chi connectivity index (χ0v) is 12.3. The second kappa shape index (κ2) is 6.31. The maximum Gasteiger partial charge on any atom is 0.165 e. The minimum absolute atomic E-state index is 0.161. The number of methoxy groups -OCH3 is 1. The van der Waals surface area contributed by atoms with Gasteiger partial charge in [0.1, 0.15) is 5.69 Å². The molecule has 0 spiro atoms. The van der Waals surface area contributed by atoms with Crippen molar-refractivity contribution in [1.29, 1.82) is 0 Å². The van der Waals surface area contributed by atoms with E-state index in [0.717, 1.165) is 5.69 Å². The molecule has 1 N–H and O–H groups in total. The first kappa shape index (κ1) is 14.8.